The van der Waals surface area contributed by atoms with E-state index >= 15 is 0 Å². The second-order valence-electron chi connectivity index (χ2n) is 5.91. The Morgan fingerprint density at radius 2 is 1.54 bits per heavy atom. The highest BCUT2D eigenvalue weighted by Crippen LogP contribution is 2.38. The number of rotatable bonds is 8. The number of amides is 1. The van der Waals surface area contributed by atoms with Crippen LogP contribution in [0.1, 0.15) is 17.5 Å². The third-order valence-corrected chi connectivity index (χ3v) is 4.36. The van der Waals surface area contributed by atoms with Gasteiger partial charge in [-0.3, -0.25) is 4.79 Å². The maximum atomic E-state index is 12.4. The summed E-state index contributed by atoms with van der Waals surface area (Å²) in [5, 5.41) is 0.685. The Labute approximate surface area is 159 Å². The highest BCUT2D eigenvalue weighted by molar-refractivity contribution is 6.30. The summed E-state index contributed by atoms with van der Waals surface area (Å²) in [6.45, 7) is 0.547. The van der Waals surface area contributed by atoms with Crippen molar-refractivity contribution in [1.82, 2.24) is 4.90 Å². The van der Waals surface area contributed by atoms with Crippen LogP contribution in [-0.4, -0.2) is 39.2 Å². The zero-order valence-corrected chi connectivity index (χ0v) is 16.3. The Kier molecular flexibility index (Phi) is 7.16. The molecule has 0 unspecified atom stereocenters. The van der Waals surface area contributed by atoms with Gasteiger partial charge in [-0.15, -0.1) is 0 Å². The fraction of sp³-hybridized carbons (Fsp3) is 0.350. The van der Waals surface area contributed by atoms with Crippen molar-refractivity contribution in [1.29, 1.82) is 0 Å². The van der Waals surface area contributed by atoms with Crippen molar-refractivity contribution >= 4 is 17.5 Å². The van der Waals surface area contributed by atoms with E-state index in [9.17, 15) is 4.79 Å². The third kappa shape index (κ3) is 5.05. The lowest BCUT2D eigenvalue weighted by Gasteiger charge is -2.18. The van der Waals surface area contributed by atoms with Gasteiger partial charge in [-0.05, 0) is 41.8 Å². The molecule has 0 aliphatic carbocycles. The summed E-state index contributed by atoms with van der Waals surface area (Å²) in [6.07, 6.45) is 0.975. The molecule has 0 aliphatic rings. The van der Waals surface area contributed by atoms with Crippen LogP contribution in [0.15, 0.2) is 36.4 Å². The smallest absolute Gasteiger partial charge is 0.222 e. The molecule has 0 spiro atoms. The number of halogens is 1. The van der Waals surface area contributed by atoms with E-state index < -0.39 is 0 Å². The fourth-order valence-electron chi connectivity index (χ4n) is 2.67. The molecule has 0 atom stereocenters. The largest absolute Gasteiger partial charge is 0.493 e. The highest BCUT2D eigenvalue weighted by Gasteiger charge is 2.15. The number of nitrogens with zero attached hydrogens (tertiary/aromatic N) is 1. The van der Waals surface area contributed by atoms with Gasteiger partial charge in [-0.2, -0.15) is 0 Å². The van der Waals surface area contributed by atoms with Gasteiger partial charge in [0.1, 0.15) is 0 Å². The molecular formula is C20H24ClNO4. The van der Waals surface area contributed by atoms with Crippen molar-refractivity contribution in [2.45, 2.75) is 19.4 Å². The van der Waals surface area contributed by atoms with Crippen LogP contribution in [0.4, 0.5) is 0 Å². The van der Waals surface area contributed by atoms with Crippen molar-refractivity contribution in [2.24, 2.45) is 0 Å². The number of hydrogen-bond donors (Lipinski definition) is 0. The van der Waals surface area contributed by atoms with E-state index in [1.54, 1.807) is 33.3 Å². The van der Waals surface area contributed by atoms with Gasteiger partial charge in [-0.1, -0.05) is 23.7 Å². The van der Waals surface area contributed by atoms with Crippen molar-refractivity contribution in [3.8, 4) is 17.2 Å². The van der Waals surface area contributed by atoms with E-state index in [-0.39, 0.29) is 5.91 Å². The quantitative estimate of drug-likeness (QED) is 0.698. The standard InChI is InChI=1S/C20H24ClNO4/c1-22(13-14-5-8-16(21)9-6-14)19(23)10-7-15-11-17(24-2)20(26-4)18(12-15)25-3/h5-6,8-9,11-12H,7,10,13H2,1-4H3. The van der Waals surface area contributed by atoms with Crippen LogP contribution < -0.4 is 14.2 Å². The minimum absolute atomic E-state index is 0.0636. The van der Waals surface area contributed by atoms with Crippen LogP contribution in [0.3, 0.4) is 0 Å². The Morgan fingerprint density at radius 1 is 0.962 bits per heavy atom. The topological polar surface area (TPSA) is 48.0 Å². The van der Waals surface area contributed by atoms with Gasteiger partial charge in [0, 0.05) is 25.0 Å². The first-order chi connectivity index (χ1) is 12.5. The highest BCUT2D eigenvalue weighted by atomic mass is 35.5. The number of hydrogen-bond acceptors (Lipinski definition) is 4. The molecule has 5 nitrogen and oxygen atoms in total. The Morgan fingerprint density at radius 3 is 2.04 bits per heavy atom. The molecule has 0 fully saturated rings. The number of carbonyl (C=O) groups is 1. The van der Waals surface area contributed by atoms with Crippen molar-refractivity contribution < 1.29 is 19.0 Å². The van der Waals surface area contributed by atoms with Crippen LogP contribution in [0, 0.1) is 0 Å². The Bertz CT molecular complexity index is 721. The van der Waals surface area contributed by atoms with E-state index in [1.807, 2.05) is 36.4 Å². The average molecular weight is 378 g/mol. The molecule has 26 heavy (non-hydrogen) atoms. The average Bonchev–Trinajstić information content (AvgIpc) is 2.66. The van der Waals surface area contributed by atoms with Gasteiger partial charge in [0.05, 0.1) is 21.3 Å². The summed E-state index contributed by atoms with van der Waals surface area (Å²) in [5.74, 6) is 1.78. The maximum absolute atomic E-state index is 12.4. The lowest BCUT2D eigenvalue weighted by molar-refractivity contribution is -0.130. The van der Waals surface area contributed by atoms with E-state index in [0.29, 0.717) is 41.7 Å². The Hall–Kier alpha value is -2.40. The van der Waals surface area contributed by atoms with Crippen molar-refractivity contribution in [3.05, 3.63) is 52.5 Å². The zero-order chi connectivity index (χ0) is 19.1. The molecule has 6 heteroatoms. The number of carbonyl (C=O) groups excluding carboxylic acids is 1. The molecule has 140 valence electrons. The molecular weight excluding hydrogens is 354 g/mol. The van der Waals surface area contributed by atoms with E-state index in [2.05, 4.69) is 0 Å². The molecule has 2 aromatic carbocycles. The molecule has 0 saturated heterocycles. The Balaban J connectivity index is 2.00. The van der Waals surface area contributed by atoms with Crippen LogP contribution >= 0.6 is 11.6 Å². The number of benzene rings is 2. The molecule has 0 heterocycles. The lowest BCUT2D eigenvalue weighted by atomic mass is 10.1. The first-order valence-electron chi connectivity index (χ1n) is 8.25. The molecule has 2 rings (SSSR count). The monoisotopic (exact) mass is 377 g/mol. The van der Waals surface area contributed by atoms with E-state index in [4.69, 9.17) is 25.8 Å². The van der Waals surface area contributed by atoms with E-state index in [1.165, 1.54) is 0 Å². The minimum Gasteiger partial charge on any atom is -0.493 e. The van der Waals surface area contributed by atoms with Crippen LogP contribution in [-0.2, 0) is 17.8 Å². The minimum atomic E-state index is 0.0636. The molecule has 0 radical (unpaired) electrons. The SMILES string of the molecule is COc1cc(CCC(=O)N(C)Cc2ccc(Cl)cc2)cc(OC)c1OC. The summed E-state index contributed by atoms with van der Waals surface area (Å²) in [7, 11) is 6.51. The van der Waals surface area contributed by atoms with Gasteiger partial charge >= 0.3 is 0 Å². The summed E-state index contributed by atoms with van der Waals surface area (Å²) < 4.78 is 16.0. The number of aryl methyl sites for hydroxylation is 1. The first kappa shape index (κ1) is 19.9. The summed E-state index contributed by atoms with van der Waals surface area (Å²) >= 11 is 5.89. The molecule has 1 amide bonds. The normalized spacial score (nSPS) is 10.3. The summed E-state index contributed by atoms with van der Waals surface area (Å²) in [6, 6.07) is 11.2. The third-order valence-electron chi connectivity index (χ3n) is 4.11. The first-order valence-corrected chi connectivity index (χ1v) is 8.63. The number of methoxy groups -OCH3 is 3. The molecule has 2 aromatic rings. The van der Waals surface area contributed by atoms with Gasteiger partial charge in [0.15, 0.2) is 11.5 Å². The maximum Gasteiger partial charge on any atom is 0.222 e. The summed E-state index contributed by atoms with van der Waals surface area (Å²) in [4.78, 5) is 14.1. The second kappa shape index (κ2) is 9.34. The molecule has 0 N–H and O–H groups in total. The van der Waals surface area contributed by atoms with Gasteiger partial charge < -0.3 is 19.1 Å². The molecule has 0 aliphatic heterocycles. The van der Waals surface area contributed by atoms with Gasteiger partial charge in [-0.25, -0.2) is 0 Å². The predicted octanol–water partition coefficient (Wildman–Crippen LogP) is 3.96. The van der Waals surface area contributed by atoms with Crippen LogP contribution in [0.2, 0.25) is 5.02 Å². The van der Waals surface area contributed by atoms with Crippen LogP contribution in [0.5, 0.6) is 17.2 Å². The fourth-order valence-corrected chi connectivity index (χ4v) is 2.80. The molecule has 0 saturated carbocycles. The van der Waals surface area contributed by atoms with E-state index in [0.717, 1.165) is 11.1 Å². The predicted molar refractivity (Wildman–Crippen MR) is 102 cm³/mol. The summed E-state index contributed by atoms with van der Waals surface area (Å²) in [5.41, 5.74) is 1.99. The molecule has 0 aromatic heterocycles. The van der Waals surface area contributed by atoms with Gasteiger partial charge in [0.25, 0.3) is 0 Å². The second-order valence-corrected chi connectivity index (χ2v) is 6.35. The lowest BCUT2D eigenvalue weighted by Crippen LogP contribution is -2.26. The van der Waals surface area contributed by atoms with Gasteiger partial charge in [0.2, 0.25) is 11.7 Å². The molecule has 0 bridgehead atoms. The zero-order valence-electron chi connectivity index (χ0n) is 15.5. The number of ether oxygens (including phenoxy) is 3. The van der Waals surface area contributed by atoms with Crippen LogP contribution in [0.25, 0.3) is 0 Å². The van der Waals surface area contributed by atoms with Crippen molar-refractivity contribution in [2.75, 3.05) is 28.4 Å². The van der Waals surface area contributed by atoms with Crippen molar-refractivity contribution in [3.63, 3.8) is 0 Å².